The van der Waals surface area contributed by atoms with Crippen molar-refractivity contribution in [3.05, 3.63) is 40.3 Å². The van der Waals surface area contributed by atoms with Crippen LogP contribution in [0.5, 0.6) is 0 Å². The summed E-state index contributed by atoms with van der Waals surface area (Å²) in [5.74, 6) is -0.0855. The third-order valence-corrected chi connectivity index (χ3v) is 8.17. The van der Waals surface area contributed by atoms with Gasteiger partial charge in [0.2, 0.25) is 5.91 Å². The number of piperazine rings is 1. The lowest BCUT2D eigenvalue weighted by Crippen LogP contribution is -2.54. The van der Waals surface area contributed by atoms with E-state index in [0.717, 1.165) is 57.6 Å². The first-order valence-corrected chi connectivity index (χ1v) is 13.1. The van der Waals surface area contributed by atoms with Crippen molar-refractivity contribution in [2.45, 2.75) is 70.6 Å². The number of carbonyl (C=O) groups is 2. The monoisotopic (exact) mass is 482 g/mol. The fourth-order valence-electron chi connectivity index (χ4n) is 6.34. The molecule has 3 aliphatic heterocycles. The molecular weight excluding hydrogens is 444 g/mol. The van der Waals surface area contributed by atoms with Crippen LogP contribution in [0.1, 0.15) is 62.9 Å². The van der Waals surface area contributed by atoms with Crippen LogP contribution in [0.15, 0.2) is 29.2 Å². The summed E-state index contributed by atoms with van der Waals surface area (Å²) in [6.07, 6.45) is 6.07. The van der Waals surface area contributed by atoms with Gasteiger partial charge in [-0.15, -0.1) is 0 Å². The Kier molecular flexibility index (Phi) is 6.72. The van der Waals surface area contributed by atoms with Crippen molar-refractivity contribution in [3.63, 3.8) is 0 Å². The van der Waals surface area contributed by atoms with E-state index in [4.69, 9.17) is 0 Å². The van der Waals surface area contributed by atoms with Crippen LogP contribution in [0.25, 0.3) is 5.52 Å². The summed E-state index contributed by atoms with van der Waals surface area (Å²) in [4.78, 5) is 44.9. The molecule has 5 rings (SSSR count). The number of rotatable bonds is 6. The van der Waals surface area contributed by atoms with E-state index in [2.05, 4.69) is 15.1 Å². The van der Waals surface area contributed by atoms with Crippen LogP contribution in [-0.2, 0) is 4.79 Å². The van der Waals surface area contributed by atoms with E-state index in [1.807, 2.05) is 41.6 Å². The average Bonchev–Trinajstić information content (AvgIpc) is 3.38. The number of carbonyl (C=O) groups excluding carboxylic acids is 2. The van der Waals surface area contributed by atoms with Gasteiger partial charge in [-0.25, -0.2) is 4.68 Å². The van der Waals surface area contributed by atoms with Crippen LogP contribution < -0.4 is 10.9 Å². The Labute approximate surface area is 206 Å². The van der Waals surface area contributed by atoms with Crippen molar-refractivity contribution in [2.24, 2.45) is 0 Å². The first-order valence-electron chi connectivity index (χ1n) is 13.1. The van der Waals surface area contributed by atoms with Crippen molar-refractivity contribution in [1.29, 1.82) is 0 Å². The zero-order chi connectivity index (χ0) is 24.7. The number of fused-ring (bicyclic) bond motifs is 3. The predicted molar refractivity (Wildman–Crippen MR) is 135 cm³/mol. The first kappa shape index (κ1) is 24.1. The van der Waals surface area contributed by atoms with E-state index < -0.39 is 0 Å². The summed E-state index contributed by atoms with van der Waals surface area (Å²) < 4.78 is 3.47. The fraction of sp³-hybridized carbons (Fsp3) is 0.654. The summed E-state index contributed by atoms with van der Waals surface area (Å²) in [5, 5.41) is 3.21. The summed E-state index contributed by atoms with van der Waals surface area (Å²) >= 11 is 0. The normalized spacial score (nSPS) is 25.5. The van der Waals surface area contributed by atoms with E-state index in [9.17, 15) is 14.4 Å². The Bertz CT molecular complexity index is 1130. The second kappa shape index (κ2) is 9.78. The maximum atomic E-state index is 13.2. The summed E-state index contributed by atoms with van der Waals surface area (Å²) in [6, 6.07) is 6.56. The number of aromatic nitrogens is 2. The third kappa shape index (κ3) is 4.76. The minimum absolute atomic E-state index is 0.0466. The predicted octanol–water partition coefficient (Wildman–Crippen LogP) is 1.57. The molecule has 0 spiro atoms. The first-order chi connectivity index (χ1) is 16.8. The van der Waals surface area contributed by atoms with Crippen molar-refractivity contribution in [2.75, 3.05) is 39.3 Å². The Morgan fingerprint density at radius 1 is 1.06 bits per heavy atom. The van der Waals surface area contributed by atoms with Crippen molar-refractivity contribution in [3.8, 4) is 0 Å². The van der Waals surface area contributed by atoms with Crippen LogP contribution in [-0.4, -0.2) is 93.1 Å². The highest BCUT2D eigenvalue weighted by atomic mass is 16.2. The number of piperidine rings is 1. The minimum atomic E-state index is -0.255. The molecule has 5 heterocycles. The van der Waals surface area contributed by atoms with Crippen molar-refractivity contribution >= 4 is 17.3 Å². The van der Waals surface area contributed by atoms with E-state index in [0.29, 0.717) is 12.1 Å². The smallest absolute Gasteiger partial charge is 0.278 e. The lowest BCUT2D eigenvalue weighted by molar-refractivity contribution is -0.130. The quantitative estimate of drug-likeness (QED) is 0.676. The molecule has 2 bridgehead atoms. The third-order valence-electron chi connectivity index (χ3n) is 8.17. The zero-order valence-electron chi connectivity index (χ0n) is 21.2. The molecule has 2 amide bonds. The van der Waals surface area contributed by atoms with Gasteiger partial charge in [-0.1, -0.05) is 0 Å². The second-order valence-electron chi connectivity index (χ2n) is 10.7. The molecule has 35 heavy (non-hydrogen) atoms. The zero-order valence-corrected chi connectivity index (χ0v) is 21.2. The topological polar surface area (TPSA) is 82.3 Å². The summed E-state index contributed by atoms with van der Waals surface area (Å²) in [7, 11) is 0. The number of hydrogen-bond donors (Lipinski definition) is 1. The Balaban J connectivity index is 1.19. The van der Waals surface area contributed by atoms with Crippen molar-refractivity contribution in [1.82, 2.24) is 29.2 Å². The second-order valence-corrected chi connectivity index (χ2v) is 10.7. The van der Waals surface area contributed by atoms with Crippen LogP contribution in [0, 0.1) is 0 Å². The summed E-state index contributed by atoms with van der Waals surface area (Å²) in [5.41, 5.74) is 0.832. The van der Waals surface area contributed by atoms with Crippen LogP contribution in [0.4, 0.5) is 0 Å². The van der Waals surface area contributed by atoms with Gasteiger partial charge in [-0.3, -0.25) is 28.7 Å². The molecule has 0 aromatic carbocycles. The fourth-order valence-corrected chi connectivity index (χ4v) is 6.34. The molecule has 0 aliphatic carbocycles. The molecule has 0 saturated carbocycles. The Morgan fingerprint density at radius 2 is 1.74 bits per heavy atom. The van der Waals surface area contributed by atoms with Gasteiger partial charge >= 0.3 is 0 Å². The number of nitrogens with zero attached hydrogens (tertiary/aromatic N) is 5. The summed E-state index contributed by atoms with van der Waals surface area (Å²) in [6.45, 7) is 11.2. The van der Waals surface area contributed by atoms with Gasteiger partial charge in [-0.05, 0) is 57.7 Å². The van der Waals surface area contributed by atoms with Gasteiger partial charge in [0.05, 0.1) is 5.52 Å². The van der Waals surface area contributed by atoms with Gasteiger partial charge in [0.1, 0.15) is 5.56 Å². The molecule has 0 radical (unpaired) electrons. The molecule has 2 aromatic rings. The number of amides is 2. The molecule has 3 aliphatic rings. The van der Waals surface area contributed by atoms with Crippen LogP contribution in [0.3, 0.4) is 0 Å². The SMILES string of the molecule is CC(=O)N1CCN(CCN2C3CCC2CC(NC(=O)c2cc4cccn4n(C(C)C)c2=O)C3)CC1. The molecule has 2 aromatic heterocycles. The van der Waals surface area contributed by atoms with Crippen molar-refractivity contribution < 1.29 is 9.59 Å². The van der Waals surface area contributed by atoms with Gasteiger partial charge in [-0.2, -0.15) is 0 Å². The van der Waals surface area contributed by atoms with Gasteiger partial charge < -0.3 is 10.2 Å². The number of nitrogens with one attached hydrogen (secondary N) is 1. The molecule has 2 atom stereocenters. The standard InChI is InChI=1S/C26H38N6O3/c1-18(2)32-26(35)24(17-23-5-4-8-31(23)32)25(34)27-20-15-21-6-7-22(16-20)30(21)14-11-28-9-12-29(13-10-28)19(3)33/h4-5,8,17-18,20-22H,6-7,9-16H2,1-3H3,(H,27,34). The lowest BCUT2D eigenvalue weighted by atomic mass is 9.97. The molecule has 3 saturated heterocycles. The van der Waals surface area contributed by atoms with E-state index in [1.165, 1.54) is 12.8 Å². The lowest BCUT2D eigenvalue weighted by Gasteiger charge is -2.41. The Morgan fingerprint density at radius 3 is 2.37 bits per heavy atom. The maximum Gasteiger partial charge on any atom is 0.278 e. The molecule has 9 nitrogen and oxygen atoms in total. The molecule has 190 valence electrons. The Hall–Kier alpha value is -2.65. The maximum absolute atomic E-state index is 13.2. The van der Waals surface area contributed by atoms with E-state index >= 15 is 0 Å². The molecular formula is C26H38N6O3. The molecule has 1 N–H and O–H groups in total. The number of hydrogen-bond acceptors (Lipinski definition) is 5. The minimum Gasteiger partial charge on any atom is -0.349 e. The molecule has 9 heteroatoms. The largest absolute Gasteiger partial charge is 0.349 e. The van der Waals surface area contributed by atoms with E-state index in [-0.39, 0.29) is 35.0 Å². The highest BCUT2D eigenvalue weighted by molar-refractivity contribution is 5.95. The average molecular weight is 483 g/mol. The van der Waals surface area contributed by atoms with Gasteiger partial charge in [0.25, 0.3) is 11.5 Å². The van der Waals surface area contributed by atoms with Crippen LogP contribution in [0.2, 0.25) is 0 Å². The highest BCUT2D eigenvalue weighted by Gasteiger charge is 2.41. The molecule has 2 unspecified atom stereocenters. The van der Waals surface area contributed by atoms with E-state index in [1.54, 1.807) is 17.7 Å². The van der Waals surface area contributed by atoms with Gasteiger partial charge in [0.15, 0.2) is 0 Å². The van der Waals surface area contributed by atoms with Gasteiger partial charge in [0, 0.05) is 76.6 Å². The molecule has 3 fully saturated rings. The highest BCUT2D eigenvalue weighted by Crippen LogP contribution is 2.35. The van der Waals surface area contributed by atoms with Crippen LogP contribution >= 0.6 is 0 Å².